The third-order valence-electron chi connectivity index (χ3n) is 4.96. The number of carbonyl (C=O) groups excluding carboxylic acids is 1. The zero-order valence-electron chi connectivity index (χ0n) is 13.4. The van der Waals surface area contributed by atoms with Crippen molar-refractivity contribution in [1.82, 2.24) is 10.3 Å². The molecule has 5 rings (SSSR count). The fraction of sp³-hybridized carbons (Fsp3) is 0.263. The minimum absolute atomic E-state index is 0.0117. The number of halogens is 1. The normalized spacial score (nSPS) is 19.1. The Labute approximate surface area is 154 Å². The Morgan fingerprint density at radius 3 is 2.92 bits per heavy atom. The Kier molecular flexibility index (Phi) is 3.47. The first-order chi connectivity index (χ1) is 12.2. The van der Waals surface area contributed by atoms with Gasteiger partial charge < -0.3 is 10.6 Å². The molecule has 2 N–H and O–H groups in total. The van der Waals surface area contributed by atoms with E-state index >= 15 is 0 Å². The largest absolute Gasteiger partial charge is 0.353 e. The van der Waals surface area contributed by atoms with E-state index in [0.29, 0.717) is 5.15 Å². The molecule has 0 unspecified atom stereocenters. The summed E-state index contributed by atoms with van der Waals surface area (Å²) < 4.78 is 0. The van der Waals surface area contributed by atoms with Gasteiger partial charge in [0.1, 0.15) is 16.3 Å². The highest BCUT2D eigenvalue weighted by Gasteiger charge is 2.32. The molecule has 2 aromatic heterocycles. The van der Waals surface area contributed by atoms with Gasteiger partial charge in [0.05, 0.1) is 11.1 Å². The van der Waals surface area contributed by atoms with Crippen molar-refractivity contribution < 1.29 is 4.79 Å². The summed E-state index contributed by atoms with van der Waals surface area (Å²) in [7, 11) is 0. The third-order valence-corrected chi connectivity index (χ3v) is 6.49. The van der Waals surface area contributed by atoms with Gasteiger partial charge >= 0.3 is 0 Å². The first-order valence-corrected chi connectivity index (χ1v) is 9.67. The highest BCUT2D eigenvalue weighted by Crippen LogP contribution is 2.42. The van der Waals surface area contributed by atoms with Gasteiger partial charge in [0.15, 0.2) is 0 Å². The van der Waals surface area contributed by atoms with Crippen molar-refractivity contribution in [3.05, 3.63) is 57.1 Å². The second kappa shape index (κ2) is 5.71. The van der Waals surface area contributed by atoms with Crippen LogP contribution in [0, 0.1) is 0 Å². The standard InChI is InChI=1S/C19H16ClN3OS/c20-16-12(9-10-5-1-3-7-13(10)21-16)17-22-18(24)15-11-6-2-4-8-14(11)25-19(15)23-17/h1,3,5,7,9,17,23H,2,4,6,8H2,(H,22,24)/t17-/m0/s1. The maximum absolute atomic E-state index is 12.8. The van der Waals surface area contributed by atoms with Crippen molar-refractivity contribution in [2.75, 3.05) is 5.32 Å². The lowest BCUT2D eigenvalue weighted by molar-refractivity contribution is 0.0935. The quantitative estimate of drug-likeness (QED) is 0.612. The second-order valence-electron chi connectivity index (χ2n) is 6.53. The van der Waals surface area contributed by atoms with E-state index in [0.717, 1.165) is 46.3 Å². The summed E-state index contributed by atoms with van der Waals surface area (Å²) in [5, 5.41) is 8.92. The van der Waals surface area contributed by atoms with Crippen molar-refractivity contribution >= 4 is 44.7 Å². The van der Waals surface area contributed by atoms with Crippen molar-refractivity contribution in [3.63, 3.8) is 0 Å². The Hall–Kier alpha value is -2.11. The molecular weight excluding hydrogens is 354 g/mol. The van der Waals surface area contributed by atoms with Crippen molar-refractivity contribution in [3.8, 4) is 0 Å². The number of para-hydroxylation sites is 1. The van der Waals surface area contributed by atoms with Crippen LogP contribution in [0.3, 0.4) is 0 Å². The van der Waals surface area contributed by atoms with E-state index in [2.05, 4.69) is 15.6 Å². The molecule has 1 aliphatic carbocycles. The van der Waals surface area contributed by atoms with E-state index in [-0.39, 0.29) is 12.1 Å². The number of benzene rings is 1. The van der Waals surface area contributed by atoms with Crippen LogP contribution in [0.2, 0.25) is 5.15 Å². The first-order valence-electron chi connectivity index (χ1n) is 8.48. The lowest BCUT2D eigenvalue weighted by atomic mass is 9.94. The zero-order chi connectivity index (χ0) is 17.0. The lowest BCUT2D eigenvalue weighted by Crippen LogP contribution is -2.38. The average molecular weight is 370 g/mol. The molecule has 25 heavy (non-hydrogen) atoms. The predicted molar refractivity (Wildman–Crippen MR) is 102 cm³/mol. The first kappa shape index (κ1) is 15.2. The molecule has 0 saturated heterocycles. The lowest BCUT2D eigenvalue weighted by Gasteiger charge is -2.27. The topological polar surface area (TPSA) is 54.0 Å². The molecule has 126 valence electrons. The number of hydrogen-bond donors (Lipinski definition) is 2. The number of aromatic nitrogens is 1. The molecule has 0 radical (unpaired) electrons. The maximum atomic E-state index is 12.8. The van der Waals surface area contributed by atoms with Gasteiger partial charge in [0, 0.05) is 15.8 Å². The summed E-state index contributed by atoms with van der Waals surface area (Å²) in [5.41, 5.74) is 3.72. The van der Waals surface area contributed by atoms with E-state index in [1.807, 2.05) is 30.3 Å². The number of amides is 1. The van der Waals surface area contributed by atoms with Gasteiger partial charge in [-0.3, -0.25) is 4.79 Å². The number of thiophene rings is 1. The maximum Gasteiger partial charge on any atom is 0.256 e. The van der Waals surface area contributed by atoms with E-state index < -0.39 is 0 Å². The van der Waals surface area contributed by atoms with Gasteiger partial charge in [-0.25, -0.2) is 4.98 Å². The predicted octanol–water partition coefficient (Wildman–Crippen LogP) is 4.68. The van der Waals surface area contributed by atoms with Crippen LogP contribution in [-0.2, 0) is 12.8 Å². The number of hydrogen-bond acceptors (Lipinski definition) is 4. The molecular formula is C19H16ClN3OS. The molecule has 3 heterocycles. The van der Waals surface area contributed by atoms with Crippen LogP contribution < -0.4 is 10.6 Å². The number of nitrogens with zero attached hydrogens (tertiary/aromatic N) is 1. The number of pyridine rings is 1. The summed E-state index contributed by atoms with van der Waals surface area (Å²) in [6, 6.07) is 9.85. The van der Waals surface area contributed by atoms with Crippen LogP contribution in [0.25, 0.3) is 10.9 Å². The fourth-order valence-electron chi connectivity index (χ4n) is 3.74. The van der Waals surface area contributed by atoms with Gasteiger partial charge in [0.2, 0.25) is 0 Å². The Bertz CT molecular complexity index is 1010. The monoisotopic (exact) mass is 369 g/mol. The van der Waals surface area contributed by atoms with Crippen LogP contribution in [0.15, 0.2) is 30.3 Å². The third kappa shape index (κ3) is 2.41. The van der Waals surface area contributed by atoms with E-state index in [9.17, 15) is 4.79 Å². The fourth-order valence-corrected chi connectivity index (χ4v) is 5.31. The molecule has 2 aliphatic rings. The van der Waals surface area contributed by atoms with Gasteiger partial charge in [-0.1, -0.05) is 29.8 Å². The SMILES string of the molecule is O=C1N[C@H](c2cc3ccccc3nc2Cl)Nc2sc3c(c21)CCCC3. The molecule has 3 aromatic rings. The van der Waals surface area contributed by atoms with Crippen LogP contribution in [-0.4, -0.2) is 10.9 Å². The van der Waals surface area contributed by atoms with Crippen molar-refractivity contribution in [1.29, 1.82) is 0 Å². The van der Waals surface area contributed by atoms with Crippen molar-refractivity contribution in [2.45, 2.75) is 31.8 Å². The highest BCUT2D eigenvalue weighted by atomic mass is 35.5. The number of fused-ring (bicyclic) bond motifs is 4. The number of anilines is 1. The van der Waals surface area contributed by atoms with Gasteiger partial charge in [-0.05, 0) is 43.4 Å². The van der Waals surface area contributed by atoms with Crippen LogP contribution in [0.1, 0.15) is 45.4 Å². The zero-order valence-corrected chi connectivity index (χ0v) is 15.0. The van der Waals surface area contributed by atoms with E-state index in [1.54, 1.807) is 11.3 Å². The Balaban J connectivity index is 1.58. The minimum Gasteiger partial charge on any atom is -0.353 e. The summed E-state index contributed by atoms with van der Waals surface area (Å²) in [6.45, 7) is 0. The van der Waals surface area contributed by atoms with Gasteiger partial charge in [-0.15, -0.1) is 11.3 Å². The smallest absolute Gasteiger partial charge is 0.256 e. The van der Waals surface area contributed by atoms with Crippen LogP contribution in [0.4, 0.5) is 5.00 Å². The summed E-state index contributed by atoms with van der Waals surface area (Å²) >= 11 is 8.13. The van der Waals surface area contributed by atoms with Crippen molar-refractivity contribution in [2.24, 2.45) is 0 Å². The number of nitrogens with one attached hydrogen (secondary N) is 2. The molecule has 1 atom stereocenters. The highest BCUT2D eigenvalue weighted by molar-refractivity contribution is 7.16. The van der Waals surface area contributed by atoms with Crippen LogP contribution in [0.5, 0.6) is 0 Å². The van der Waals surface area contributed by atoms with E-state index in [1.165, 1.54) is 16.9 Å². The summed E-state index contributed by atoms with van der Waals surface area (Å²) in [6.07, 6.45) is 4.08. The van der Waals surface area contributed by atoms with E-state index in [4.69, 9.17) is 11.6 Å². The van der Waals surface area contributed by atoms with Crippen LogP contribution >= 0.6 is 22.9 Å². The molecule has 4 nitrogen and oxygen atoms in total. The minimum atomic E-state index is -0.357. The number of carbonyl (C=O) groups is 1. The molecule has 0 saturated carbocycles. The average Bonchev–Trinajstić information content (AvgIpc) is 3.00. The number of rotatable bonds is 1. The Morgan fingerprint density at radius 1 is 1.16 bits per heavy atom. The molecule has 1 aliphatic heterocycles. The molecule has 0 bridgehead atoms. The van der Waals surface area contributed by atoms with Gasteiger partial charge in [-0.2, -0.15) is 0 Å². The molecule has 0 spiro atoms. The second-order valence-corrected chi connectivity index (χ2v) is 7.99. The molecule has 6 heteroatoms. The van der Waals surface area contributed by atoms with Gasteiger partial charge in [0.25, 0.3) is 5.91 Å². The summed E-state index contributed by atoms with van der Waals surface area (Å²) in [4.78, 5) is 18.6. The molecule has 1 aromatic carbocycles. The molecule has 1 amide bonds. The number of aryl methyl sites for hydroxylation is 1. The molecule has 0 fully saturated rings. The Morgan fingerprint density at radius 2 is 2.00 bits per heavy atom. The summed E-state index contributed by atoms with van der Waals surface area (Å²) in [5.74, 6) is -0.0117.